The lowest BCUT2D eigenvalue weighted by Crippen LogP contribution is -2.27. The van der Waals surface area contributed by atoms with Gasteiger partial charge in [0.1, 0.15) is 6.26 Å². The van der Waals surface area contributed by atoms with E-state index in [9.17, 15) is 22.8 Å². The van der Waals surface area contributed by atoms with Crippen molar-refractivity contribution >= 4 is 29.1 Å². The van der Waals surface area contributed by atoms with Gasteiger partial charge in [-0.1, -0.05) is 11.6 Å². The first kappa shape index (κ1) is 17.9. The van der Waals surface area contributed by atoms with Crippen LogP contribution in [0.5, 0.6) is 0 Å². The minimum Gasteiger partial charge on any atom is -0.472 e. The lowest BCUT2D eigenvalue weighted by atomic mass is 10.2. The number of anilines is 1. The summed E-state index contributed by atoms with van der Waals surface area (Å²) in [6.07, 6.45) is -2.13. The van der Waals surface area contributed by atoms with E-state index in [0.29, 0.717) is 5.56 Å². The molecule has 5 nitrogen and oxygen atoms in total. The van der Waals surface area contributed by atoms with E-state index in [1.807, 2.05) is 0 Å². The zero-order valence-corrected chi connectivity index (χ0v) is 12.9. The summed E-state index contributed by atoms with van der Waals surface area (Å²) in [5.74, 6) is -0.958. The number of amides is 2. The summed E-state index contributed by atoms with van der Waals surface area (Å²) in [6.45, 7) is 0.0234. The molecule has 0 unspecified atom stereocenters. The Bertz CT molecular complexity index is 730. The fourth-order valence-electron chi connectivity index (χ4n) is 1.83. The molecule has 1 aromatic carbocycles. The Morgan fingerprint density at radius 2 is 1.96 bits per heavy atom. The number of alkyl halides is 3. The third-order valence-corrected chi connectivity index (χ3v) is 3.31. The van der Waals surface area contributed by atoms with E-state index in [-0.39, 0.29) is 18.7 Å². The number of hydrogen-bond donors (Lipinski definition) is 2. The van der Waals surface area contributed by atoms with Crippen LogP contribution >= 0.6 is 11.6 Å². The van der Waals surface area contributed by atoms with Crippen molar-refractivity contribution < 1.29 is 27.2 Å². The van der Waals surface area contributed by atoms with Gasteiger partial charge in [-0.25, -0.2) is 0 Å². The second-order valence-corrected chi connectivity index (χ2v) is 5.17. The van der Waals surface area contributed by atoms with E-state index in [4.69, 9.17) is 16.0 Å². The number of benzene rings is 1. The normalized spacial score (nSPS) is 11.2. The molecule has 0 radical (unpaired) electrons. The van der Waals surface area contributed by atoms with Gasteiger partial charge in [0.15, 0.2) is 0 Å². The quantitative estimate of drug-likeness (QED) is 0.853. The number of nitrogens with one attached hydrogen (secondary N) is 2. The molecule has 0 aliphatic heterocycles. The standard InChI is InChI=1S/C15H12ClF3N2O3/c16-12-2-1-10(7-11(12)15(17,18)19)21-13(22)3-5-20-14(23)9-4-6-24-8-9/h1-2,4,6-8H,3,5H2,(H,20,23)(H,21,22). The van der Waals surface area contributed by atoms with Gasteiger partial charge >= 0.3 is 6.18 Å². The van der Waals surface area contributed by atoms with Gasteiger partial charge in [-0.3, -0.25) is 9.59 Å². The molecule has 0 aliphatic rings. The van der Waals surface area contributed by atoms with Crippen LogP contribution in [0.4, 0.5) is 18.9 Å². The molecule has 2 aromatic rings. The van der Waals surface area contributed by atoms with Crippen LogP contribution in [0, 0.1) is 0 Å². The van der Waals surface area contributed by atoms with Crippen LogP contribution in [0.15, 0.2) is 41.2 Å². The maximum atomic E-state index is 12.7. The third kappa shape index (κ3) is 4.76. The van der Waals surface area contributed by atoms with Gasteiger partial charge in [-0.2, -0.15) is 13.2 Å². The summed E-state index contributed by atoms with van der Waals surface area (Å²) in [5.41, 5.74) is -0.754. The molecule has 128 valence electrons. The second kappa shape index (κ2) is 7.39. The molecule has 2 N–H and O–H groups in total. The van der Waals surface area contributed by atoms with E-state index in [2.05, 4.69) is 10.6 Å². The molecule has 0 saturated heterocycles. The van der Waals surface area contributed by atoms with Crippen molar-refractivity contribution in [3.05, 3.63) is 52.9 Å². The Hall–Kier alpha value is -2.48. The predicted molar refractivity (Wildman–Crippen MR) is 80.7 cm³/mol. The van der Waals surface area contributed by atoms with Gasteiger partial charge in [0.05, 0.1) is 22.4 Å². The maximum absolute atomic E-state index is 12.7. The Morgan fingerprint density at radius 1 is 1.21 bits per heavy atom. The highest BCUT2D eigenvalue weighted by atomic mass is 35.5. The fraction of sp³-hybridized carbons (Fsp3) is 0.200. The lowest BCUT2D eigenvalue weighted by molar-refractivity contribution is -0.137. The molecular weight excluding hydrogens is 349 g/mol. The number of hydrogen-bond acceptors (Lipinski definition) is 3. The molecule has 2 rings (SSSR count). The maximum Gasteiger partial charge on any atom is 0.417 e. The van der Waals surface area contributed by atoms with Crippen molar-refractivity contribution in [3.63, 3.8) is 0 Å². The molecule has 1 aromatic heterocycles. The van der Waals surface area contributed by atoms with Crippen LogP contribution in [0.2, 0.25) is 5.02 Å². The topological polar surface area (TPSA) is 71.3 Å². The molecular formula is C15H12ClF3N2O3. The van der Waals surface area contributed by atoms with Gasteiger partial charge in [-0.05, 0) is 24.3 Å². The minimum atomic E-state index is -4.61. The summed E-state index contributed by atoms with van der Waals surface area (Å²) in [7, 11) is 0. The second-order valence-electron chi connectivity index (χ2n) is 4.76. The van der Waals surface area contributed by atoms with Gasteiger partial charge in [0.25, 0.3) is 5.91 Å². The first-order chi connectivity index (χ1) is 11.3. The highest BCUT2D eigenvalue weighted by Crippen LogP contribution is 2.36. The highest BCUT2D eigenvalue weighted by Gasteiger charge is 2.33. The molecule has 1 heterocycles. The average Bonchev–Trinajstić information content (AvgIpc) is 3.02. The van der Waals surface area contributed by atoms with Crippen molar-refractivity contribution in [2.45, 2.75) is 12.6 Å². The Balaban J connectivity index is 1.87. The van der Waals surface area contributed by atoms with Crippen molar-refractivity contribution in [1.29, 1.82) is 0 Å². The number of halogens is 4. The van der Waals surface area contributed by atoms with Gasteiger partial charge in [0, 0.05) is 18.7 Å². The summed E-state index contributed by atoms with van der Waals surface area (Å²) in [5, 5.41) is 4.36. The Labute approximate surface area is 139 Å². The van der Waals surface area contributed by atoms with E-state index in [0.717, 1.165) is 12.1 Å². The summed E-state index contributed by atoms with van der Waals surface area (Å²) >= 11 is 5.50. The molecule has 0 fully saturated rings. The third-order valence-electron chi connectivity index (χ3n) is 2.98. The smallest absolute Gasteiger partial charge is 0.417 e. The first-order valence-electron chi connectivity index (χ1n) is 6.74. The van der Waals surface area contributed by atoms with Gasteiger partial charge < -0.3 is 15.1 Å². The van der Waals surface area contributed by atoms with Gasteiger partial charge in [0.2, 0.25) is 5.91 Å². The molecule has 0 aliphatic carbocycles. The van der Waals surface area contributed by atoms with E-state index in [1.54, 1.807) is 0 Å². The molecule has 0 bridgehead atoms. The number of furan rings is 1. The van der Waals surface area contributed by atoms with Crippen LogP contribution < -0.4 is 10.6 Å². The number of rotatable bonds is 5. The monoisotopic (exact) mass is 360 g/mol. The predicted octanol–water partition coefficient (Wildman–Crippen LogP) is 3.71. The van der Waals surface area contributed by atoms with Crippen LogP contribution in [-0.2, 0) is 11.0 Å². The fourth-order valence-corrected chi connectivity index (χ4v) is 2.05. The van der Waals surface area contributed by atoms with Crippen molar-refractivity contribution in [1.82, 2.24) is 5.32 Å². The molecule has 24 heavy (non-hydrogen) atoms. The number of carbonyl (C=O) groups is 2. The minimum absolute atomic E-state index is 0.0234. The van der Waals surface area contributed by atoms with E-state index >= 15 is 0 Å². The molecule has 0 saturated carbocycles. The molecule has 0 atom stereocenters. The zero-order valence-electron chi connectivity index (χ0n) is 12.1. The van der Waals surface area contributed by atoms with Crippen LogP contribution in [-0.4, -0.2) is 18.4 Å². The first-order valence-corrected chi connectivity index (χ1v) is 7.12. The zero-order chi connectivity index (χ0) is 17.7. The van der Waals surface area contributed by atoms with Crippen molar-refractivity contribution in [2.24, 2.45) is 0 Å². The Kier molecular flexibility index (Phi) is 5.50. The van der Waals surface area contributed by atoms with Crippen LogP contribution in [0.25, 0.3) is 0 Å². The van der Waals surface area contributed by atoms with E-state index < -0.39 is 28.6 Å². The number of carbonyl (C=O) groups excluding carboxylic acids is 2. The summed E-state index contributed by atoms with van der Waals surface area (Å²) in [6, 6.07) is 4.53. The SMILES string of the molecule is O=C(CCNC(=O)c1ccoc1)Nc1ccc(Cl)c(C(F)(F)F)c1. The highest BCUT2D eigenvalue weighted by molar-refractivity contribution is 6.31. The van der Waals surface area contributed by atoms with E-state index in [1.165, 1.54) is 24.7 Å². The Morgan fingerprint density at radius 3 is 2.58 bits per heavy atom. The molecule has 2 amide bonds. The largest absolute Gasteiger partial charge is 0.472 e. The van der Waals surface area contributed by atoms with Gasteiger partial charge in [-0.15, -0.1) is 0 Å². The van der Waals surface area contributed by atoms with Crippen molar-refractivity contribution in [3.8, 4) is 0 Å². The van der Waals surface area contributed by atoms with Crippen molar-refractivity contribution in [2.75, 3.05) is 11.9 Å². The van der Waals surface area contributed by atoms with Crippen LogP contribution in [0.3, 0.4) is 0 Å². The summed E-state index contributed by atoms with van der Waals surface area (Å²) < 4.78 is 43.0. The molecule has 0 spiro atoms. The summed E-state index contributed by atoms with van der Waals surface area (Å²) in [4.78, 5) is 23.3. The lowest BCUT2D eigenvalue weighted by Gasteiger charge is -2.12. The average molecular weight is 361 g/mol. The molecule has 9 heteroatoms. The van der Waals surface area contributed by atoms with Crippen LogP contribution in [0.1, 0.15) is 22.3 Å².